The largest absolute Gasteiger partial charge is 0.475 e. The highest BCUT2D eigenvalue weighted by Crippen LogP contribution is 2.23. The summed E-state index contributed by atoms with van der Waals surface area (Å²) in [5.41, 5.74) is 0. The molecule has 1 aliphatic carbocycles. The molecule has 0 aromatic carbocycles. The van der Waals surface area contributed by atoms with Gasteiger partial charge in [0.15, 0.2) is 0 Å². The molecule has 7 heteroatoms. The first-order chi connectivity index (χ1) is 8.40. The van der Waals surface area contributed by atoms with E-state index in [4.69, 9.17) is 9.52 Å². The summed E-state index contributed by atoms with van der Waals surface area (Å²) in [5.74, 6) is -1.54. The zero-order chi connectivity index (χ0) is 13.3. The Morgan fingerprint density at radius 2 is 2.06 bits per heavy atom. The van der Waals surface area contributed by atoms with Gasteiger partial charge in [0.1, 0.15) is 10.7 Å². The van der Waals surface area contributed by atoms with Crippen molar-refractivity contribution >= 4 is 16.0 Å². The van der Waals surface area contributed by atoms with Gasteiger partial charge in [-0.05, 0) is 19.8 Å². The molecule has 0 spiro atoms. The van der Waals surface area contributed by atoms with E-state index in [-0.39, 0.29) is 22.5 Å². The van der Waals surface area contributed by atoms with E-state index in [0.29, 0.717) is 0 Å². The molecule has 1 fully saturated rings. The summed E-state index contributed by atoms with van der Waals surface area (Å²) in [4.78, 5) is 10.6. The molecule has 0 unspecified atom stereocenters. The standard InChI is InChI=1S/C11H15NO5S/c1-7-10(6-9(17-7)11(13)14)18(15,16)12-8-4-2-3-5-8/h6,8,12H,2-5H2,1H3,(H,13,14). The Morgan fingerprint density at radius 1 is 1.44 bits per heavy atom. The third-order valence-electron chi connectivity index (χ3n) is 3.05. The molecule has 2 rings (SSSR count). The number of hydrogen-bond acceptors (Lipinski definition) is 4. The van der Waals surface area contributed by atoms with Gasteiger partial charge in [0.2, 0.25) is 15.8 Å². The Balaban J connectivity index is 2.26. The Kier molecular flexibility index (Phi) is 3.45. The Hall–Kier alpha value is -1.34. The zero-order valence-electron chi connectivity index (χ0n) is 9.97. The number of nitrogens with one attached hydrogen (secondary N) is 1. The second-order valence-corrected chi connectivity index (χ2v) is 6.12. The number of carboxylic acids is 1. The normalized spacial score (nSPS) is 17.2. The average Bonchev–Trinajstić information content (AvgIpc) is 2.86. The van der Waals surface area contributed by atoms with Gasteiger partial charge < -0.3 is 9.52 Å². The van der Waals surface area contributed by atoms with E-state index in [2.05, 4.69) is 4.72 Å². The van der Waals surface area contributed by atoms with Crippen LogP contribution in [-0.2, 0) is 10.0 Å². The molecule has 0 radical (unpaired) electrons. The first-order valence-electron chi connectivity index (χ1n) is 5.76. The number of carboxylic acid groups (broad SMARTS) is 1. The van der Waals surface area contributed by atoms with Crippen LogP contribution in [0.3, 0.4) is 0 Å². The topological polar surface area (TPSA) is 96.6 Å². The van der Waals surface area contributed by atoms with Crippen LogP contribution in [0.4, 0.5) is 0 Å². The number of aromatic carboxylic acids is 1. The van der Waals surface area contributed by atoms with E-state index >= 15 is 0 Å². The summed E-state index contributed by atoms with van der Waals surface area (Å²) < 4.78 is 31.7. The molecule has 1 aromatic rings. The van der Waals surface area contributed by atoms with Crippen LogP contribution in [0, 0.1) is 6.92 Å². The van der Waals surface area contributed by atoms with Gasteiger partial charge in [0.05, 0.1) is 0 Å². The monoisotopic (exact) mass is 273 g/mol. The minimum absolute atomic E-state index is 0.0578. The molecule has 100 valence electrons. The fourth-order valence-corrected chi connectivity index (χ4v) is 3.65. The highest BCUT2D eigenvalue weighted by Gasteiger charge is 2.27. The molecule has 18 heavy (non-hydrogen) atoms. The molecule has 0 bridgehead atoms. The van der Waals surface area contributed by atoms with Crippen LogP contribution < -0.4 is 4.72 Å². The lowest BCUT2D eigenvalue weighted by atomic mass is 10.3. The van der Waals surface area contributed by atoms with Crippen molar-refractivity contribution in [2.24, 2.45) is 0 Å². The number of aryl methyl sites for hydroxylation is 1. The quantitative estimate of drug-likeness (QED) is 0.866. The smallest absolute Gasteiger partial charge is 0.371 e. The molecule has 6 nitrogen and oxygen atoms in total. The SMILES string of the molecule is Cc1oc(C(=O)O)cc1S(=O)(=O)NC1CCCC1. The Labute approximate surface area is 105 Å². The molecule has 2 N–H and O–H groups in total. The van der Waals surface area contributed by atoms with Crippen molar-refractivity contribution in [3.8, 4) is 0 Å². The highest BCUT2D eigenvalue weighted by atomic mass is 32.2. The predicted octanol–water partition coefficient (Wildman–Crippen LogP) is 1.51. The van der Waals surface area contributed by atoms with Gasteiger partial charge in [-0.15, -0.1) is 0 Å². The van der Waals surface area contributed by atoms with Crippen molar-refractivity contribution in [2.75, 3.05) is 0 Å². The lowest BCUT2D eigenvalue weighted by Crippen LogP contribution is -2.32. The Bertz CT molecular complexity index is 554. The highest BCUT2D eigenvalue weighted by molar-refractivity contribution is 7.89. The van der Waals surface area contributed by atoms with E-state index in [1.807, 2.05) is 0 Å². The maximum absolute atomic E-state index is 12.1. The van der Waals surface area contributed by atoms with Crippen molar-refractivity contribution < 1.29 is 22.7 Å². The van der Waals surface area contributed by atoms with Crippen LogP contribution >= 0.6 is 0 Å². The maximum atomic E-state index is 12.1. The summed E-state index contributed by atoms with van der Waals surface area (Å²) in [5, 5.41) is 8.76. The van der Waals surface area contributed by atoms with Crippen molar-refractivity contribution in [1.29, 1.82) is 0 Å². The fourth-order valence-electron chi connectivity index (χ4n) is 2.16. The molecule has 1 heterocycles. The predicted molar refractivity (Wildman–Crippen MR) is 63.0 cm³/mol. The van der Waals surface area contributed by atoms with Crippen molar-refractivity contribution in [3.05, 3.63) is 17.6 Å². The van der Waals surface area contributed by atoms with Gasteiger partial charge in [-0.1, -0.05) is 12.8 Å². The number of furan rings is 1. The van der Waals surface area contributed by atoms with Gasteiger partial charge in [0, 0.05) is 12.1 Å². The molecule has 0 amide bonds. The van der Waals surface area contributed by atoms with Crippen LogP contribution in [0.1, 0.15) is 42.0 Å². The van der Waals surface area contributed by atoms with Crippen LogP contribution in [0.2, 0.25) is 0 Å². The molecule has 1 aromatic heterocycles. The van der Waals surface area contributed by atoms with Crippen LogP contribution in [-0.4, -0.2) is 25.5 Å². The number of hydrogen-bond donors (Lipinski definition) is 2. The van der Waals surface area contributed by atoms with Gasteiger partial charge in [-0.3, -0.25) is 0 Å². The van der Waals surface area contributed by atoms with Gasteiger partial charge in [0.25, 0.3) is 0 Å². The molecule has 0 aliphatic heterocycles. The van der Waals surface area contributed by atoms with Crippen LogP contribution in [0.5, 0.6) is 0 Å². The van der Waals surface area contributed by atoms with E-state index in [1.54, 1.807) is 0 Å². The van der Waals surface area contributed by atoms with E-state index < -0.39 is 16.0 Å². The van der Waals surface area contributed by atoms with Gasteiger partial charge in [-0.2, -0.15) is 0 Å². The third kappa shape index (κ3) is 2.56. The van der Waals surface area contributed by atoms with Crippen LogP contribution in [0.25, 0.3) is 0 Å². The van der Waals surface area contributed by atoms with E-state index in [9.17, 15) is 13.2 Å². The molecule has 1 saturated carbocycles. The van der Waals surface area contributed by atoms with E-state index in [1.165, 1.54) is 6.92 Å². The molecule has 1 aliphatic rings. The average molecular weight is 273 g/mol. The first-order valence-corrected chi connectivity index (χ1v) is 7.24. The minimum atomic E-state index is -3.69. The molecule has 0 saturated heterocycles. The Morgan fingerprint density at radius 3 is 2.56 bits per heavy atom. The van der Waals surface area contributed by atoms with Crippen molar-refractivity contribution in [3.63, 3.8) is 0 Å². The number of carbonyl (C=O) groups is 1. The summed E-state index contributed by atoms with van der Waals surface area (Å²) in [6.45, 7) is 1.44. The van der Waals surface area contributed by atoms with Gasteiger partial charge >= 0.3 is 5.97 Å². The summed E-state index contributed by atoms with van der Waals surface area (Å²) in [7, 11) is -3.69. The summed E-state index contributed by atoms with van der Waals surface area (Å²) in [6.07, 6.45) is 3.67. The minimum Gasteiger partial charge on any atom is -0.475 e. The lowest BCUT2D eigenvalue weighted by molar-refractivity contribution is 0.0661. The second kappa shape index (κ2) is 4.74. The molecular formula is C11H15NO5S. The number of rotatable bonds is 4. The second-order valence-electron chi connectivity index (χ2n) is 4.44. The lowest BCUT2D eigenvalue weighted by Gasteiger charge is -2.11. The maximum Gasteiger partial charge on any atom is 0.371 e. The van der Waals surface area contributed by atoms with E-state index in [0.717, 1.165) is 31.7 Å². The first kappa shape index (κ1) is 13.1. The van der Waals surface area contributed by atoms with Crippen molar-refractivity contribution in [1.82, 2.24) is 4.72 Å². The summed E-state index contributed by atoms with van der Waals surface area (Å²) >= 11 is 0. The molecular weight excluding hydrogens is 258 g/mol. The molecule has 0 atom stereocenters. The van der Waals surface area contributed by atoms with Gasteiger partial charge in [-0.25, -0.2) is 17.9 Å². The fraction of sp³-hybridized carbons (Fsp3) is 0.545. The zero-order valence-corrected chi connectivity index (χ0v) is 10.8. The number of sulfonamides is 1. The summed E-state index contributed by atoms with van der Waals surface area (Å²) in [6, 6.07) is 0.993. The third-order valence-corrected chi connectivity index (χ3v) is 4.68. The van der Waals surface area contributed by atoms with Crippen LogP contribution in [0.15, 0.2) is 15.4 Å². The van der Waals surface area contributed by atoms with Crippen molar-refractivity contribution in [2.45, 2.75) is 43.5 Å².